The van der Waals surface area contributed by atoms with Gasteiger partial charge < -0.3 is 10.4 Å². The standard InChI is InChI=1S/C17H18N2O3S2/c20-11-5-10-18-15(21)12-19-16(22)14(24-17(19)23)9-4-8-13-6-2-1-3-7-13/h1-4,6-9,20H,5,10-12H2,(H,18,21)/b8-4+,14-9-. The Labute approximate surface area is 150 Å². The van der Waals surface area contributed by atoms with E-state index in [1.165, 1.54) is 16.7 Å². The first-order chi connectivity index (χ1) is 11.6. The third-order valence-corrected chi connectivity index (χ3v) is 4.56. The molecule has 1 saturated heterocycles. The van der Waals surface area contributed by atoms with Gasteiger partial charge in [0.1, 0.15) is 10.9 Å². The molecule has 1 heterocycles. The summed E-state index contributed by atoms with van der Waals surface area (Å²) in [4.78, 5) is 25.9. The van der Waals surface area contributed by atoms with Crippen molar-refractivity contribution in [1.82, 2.24) is 10.2 Å². The summed E-state index contributed by atoms with van der Waals surface area (Å²) < 4.78 is 0.372. The number of aliphatic hydroxyl groups excluding tert-OH is 1. The molecular formula is C17H18N2O3S2. The van der Waals surface area contributed by atoms with Gasteiger partial charge in [0.25, 0.3) is 5.91 Å². The zero-order chi connectivity index (χ0) is 17.4. The van der Waals surface area contributed by atoms with Crippen LogP contribution in [0.15, 0.2) is 47.4 Å². The molecule has 0 aromatic heterocycles. The number of hydrogen-bond acceptors (Lipinski definition) is 5. The summed E-state index contributed by atoms with van der Waals surface area (Å²) in [6.45, 7) is 0.285. The fourth-order valence-electron chi connectivity index (χ4n) is 1.97. The van der Waals surface area contributed by atoms with Gasteiger partial charge in [0, 0.05) is 13.2 Å². The van der Waals surface area contributed by atoms with E-state index < -0.39 is 0 Å². The van der Waals surface area contributed by atoms with E-state index in [0.717, 1.165) is 5.56 Å². The lowest BCUT2D eigenvalue weighted by atomic mass is 10.2. The van der Waals surface area contributed by atoms with Crippen molar-refractivity contribution in [1.29, 1.82) is 0 Å². The number of thiocarbonyl (C=S) groups is 1. The quantitative estimate of drug-likeness (QED) is 0.441. The highest BCUT2D eigenvalue weighted by molar-refractivity contribution is 8.26. The fraction of sp³-hybridized carbons (Fsp3) is 0.235. The van der Waals surface area contributed by atoms with Crippen LogP contribution in [0.25, 0.3) is 6.08 Å². The topological polar surface area (TPSA) is 69.6 Å². The van der Waals surface area contributed by atoms with Crippen LogP contribution >= 0.6 is 24.0 Å². The minimum absolute atomic E-state index is 0.0117. The lowest BCUT2D eigenvalue weighted by Crippen LogP contribution is -2.39. The Morgan fingerprint density at radius 2 is 2.08 bits per heavy atom. The average Bonchev–Trinajstić information content (AvgIpc) is 2.84. The van der Waals surface area contributed by atoms with Gasteiger partial charge in [-0.15, -0.1) is 0 Å². The SMILES string of the molecule is O=C(CN1C(=O)/C(=C/C=C/c2ccccc2)SC1=S)NCCCO. The number of carbonyl (C=O) groups excluding carboxylic acids is 2. The Morgan fingerprint density at radius 3 is 2.79 bits per heavy atom. The zero-order valence-corrected chi connectivity index (χ0v) is 14.6. The monoisotopic (exact) mass is 362 g/mol. The van der Waals surface area contributed by atoms with E-state index in [4.69, 9.17) is 17.3 Å². The fourth-order valence-corrected chi connectivity index (χ4v) is 3.17. The number of aliphatic hydroxyl groups is 1. The second-order valence-corrected chi connectivity index (χ2v) is 6.66. The summed E-state index contributed by atoms with van der Waals surface area (Å²) in [5, 5.41) is 11.3. The summed E-state index contributed by atoms with van der Waals surface area (Å²) >= 11 is 6.36. The minimum atomic E-state index is -0.291. The number of thioether (sulfide) groups is 1. The van der Waals surface area contributed by atoms with Crippen LogP contribution in [0.3, 0.4) is 0 Å². The predicted octanol–water partition coefficient (Wildman–Crippen LogP) is 1.94. The van der Waals surface area contributed by atoms with Gasteiger partial charge in [0.2, 0.25) is 5.91 Å². The first kappa shape index (κ1) is 18.4. The van der Waals surface area contributed by atoms with Gasteiger partial charge in [-0.25, -0.2) is 0 Å². The maximum absolute atomic E-state index is 12.3. The number of hydrogen-bond donors (Lipinski definition) is 2. The number of nitrogens with zero attached hydrogens (tertiary/aromatic N) is 1. The number of benzene rings is 1. The molecule has 2 amide bonds. The molecular weight excluding hydrogens is 344 g/mol. The van der Waals surface area contributed by atoms with E-state index in [2.05, 4.69) is 5.32 Å². The van der Waals surface area contributed by atoms with Crippen LogP contribution in [-0.2, 0) is 9.59 Å². The number of rotatable bonds is 7. The summed E-state index contributed by atoms with van der Waals surface area (Å²) in [6.07, 6.45) is 5.88. The van der Waals surface area contributed by atoms with E-state index >= 15 is 0 Å². The Balaban J connectivity index is 1.94. The molecule has 24 heavy (non-hydrogen) atoms. The van der Waals surface area contributed by atoms with Crippen molar-refractivity contribution in [3.05, 3.63) is 53.0 Å². The van der Waals surface area contributed by atoms with Gasteiger partial charge in [0.15, 0.2) is 0 Å². The highest BCUT2D eigenvalue weighted by Gasteiger charge is 2.32. The number of carbonyl (C=O) groups is 2. The van der Waals surface area contributed by atoms with Gasteiger partial charge in [-0.2, -0.15) is 0 Å². The Kier molecular flexibility index (Phi) is 7.17. The lowest BCUT2D eigenvalue weighted by molar-refractivity contribution is -0.128. The van der Waals surface area contributed by atoms with Crippen molar-refractivity contribution >= 4 is 46.2 Å². The van der Waals surface area contributed by atoms with E-state index in [-0.39, 0.29) is 25.0 Å². The molecule has 1 aromatic rings. The molecule has 1 aliphatic heterocycles. The summed E-state index contributed by atoms with van der Waals surface area (Å²) in [7, 11) is 0. The third-order valence-electron chi connectivity index (χ3n) is 3.17. The average molecular weight is 362 g/mol. The highest BCUT2D eigenvalue weighted by Crippen LogP contribution is 2.30. The predicted molar refractivity (Wildman–Crippen MR) is 100 cm³/mol. The minimum Gasteiger partial charge on any atom is -0.396 e. The molecule has 1 aliphatic rings. The Morgan fingerprint density at radius 1 is 1.33 bits per heavy atom. The largest absolute Gasteiger partial charge is 0.396 e. The molecule has 0 spiro atoms. The van der Waals surface area contributed by atoms with Crippen LogP contribution in [-0.4, -0.2) is 45.8 Å². The summed E-state index contributed by atoms with van der Waals surface area (Å²) in [6, 6.07) is 9.75. The normalized spacial score (nSPS) is 16.4. The van der Waals surface area contributed by atoms with E-state index in [1.54, 1.807) is 12.2 Å². The van der Waals surface area contributed by atoms with Gasteiger partial charge in [-0.1, -0.05) is 66.5 Å². The molecule has 0 radical (unpaired) electrons. The van der Waals surface area contributed by atoms with Gasteiger partial charge in [-0.3, -0.25) is 14.5 Å². The second-order valence-electron chi connectivity index (χ2n) is 4.99. The summed E-state index contributed by atoms with van der Waals surface area (Å²) in [5.41, 5.74) is 1.03. The van der Waals surface area contributed by atoms with Crippen LogP contribution in [0.4, 0.5) is 0 Å². The number of amides is 2. The van der Waals surface area contributed by atoms with Crippen molar-refractivity contribution in [3.63, 3.8) is 0 Å². The van der Waals surface area contributed by atoms with Crippen molar-refractivity contribution in [3.8, 4) is 0 Å². The molecule has 2 rings (SSSR count). The molecule has 0 bridgehead atoms. The Hall–Kier alpha value is -1.96. The lowest BCUT2D eigenvalue weighted by Gasteiger charge is -2.13. The molecule has 0 atom stereocenters. The third kappa shape index (κ3) is 5.30. The maximum Gasteiger partial charge on any atom is 0.266 e. The van der Waals surface area contributed by atoms with Gasteiger partial charge in [0.05, 0.1) is 4.91 Å². The summed E-state index contributed by atoms with van der Waals surface area (Å²) in [5.74, 6) is -0.555. The van der Waals surface area contributed by atoms with Gasteiger partial charge >= 0.3 is 0 Å². The van der Waals surface area contributed by atoms with E-state index in [0.29, 0.717) is 22.2 Å². The van der Waals surface area contributed by atoms with Crippen LogP contribution in [0, 0.1) is 0 Å². The number of nitrogens with one attached hydrogen (secondary N) is 1. The van der Waals surface area contributed by atoms with E-state index in [1.807, 2.05) is 36.4 Å². The molecule has 2 N–H and O–H groups in total. The molecule has 126 valence electrons. The molecule has 0 unspecified atom stereocenters. The number of allylic oxidation sites excluding steroid dienone is 2. The van der Waals surface area contributed by atoms with Gasteiger partial charge in [-0.05, 0) is 18.1 Å². The molecule has 0 saturated carbocycles. The van der Waals surface area contributed by atoms with Crippen molar-refractivity contribution in [2.24, 2.45) is 0 Å². The zero-order valence-electron chi connectivity index (χ0n) is 13.0. The van der Waals surface area contributed by atoms with Crippen LogP contribution in [0.5, 0.6) is 0 Å². The first-order valence-corrected chi connectivity index (χ1v) is 8.69. The van der Waals surface area contributed by atoms with Crippen molar-refractivity contribution < 1.29 is 14.7 Å². The molecule has 1 aromatic carbocycles. The first-order valence-electron chi connectivity index (χ1n) is 7.46. The van der Waals surface area contributed by atoms with E-state index in [9.17, 15) is 9.59 Å². The maximum atomic E-state index is 12.3. The molecule has 1 fully saturated rings. The van der Waals surface area contributed by atoms with Crippen LogP contribution in [0.2, 0.25) is 0 Å². The Bertz CT molecular complexity index is 672. The highest BCUT2D eigenvalue weighted by atomic mass is 32.2. The van der Waals surface area contributed by atoms with Crippen LogP contribution in [0.1, 0.15) is 12.0 Å². The second kappa shape index (κ2) is 9.36. The molecule has 7 heteroatoms. The smallest absolute Gasteiger partial charge is 0.266 e. The van der Waals surface area contributed by atoms with Crippen LogP contribution < -0.4 is 5.32 Å². The van der Waals surface area contributed by atoms with Crippen molar-refractivity contribution in [2.45, 2.75) is 6.42 Å². The van der Waals surface area contributed by atoms with Crippen molar-refractivity contribution in [2.75, 3.05) is 19.7 Å². The molecule has 0 aliphatic carbocycles. The molecule has 5 nitrogen and oxygen atoms in total.